The Morgan fingerprint density at radius 1 is 1.50 bits per heavy atom. The molecular weight excluding hydrogens is 206 g/mol. The summed E-state index contributed by atoms with van der Waals surface area (Å²) in [4.78, 5) is 24.9. The molecule has 0 aromatic carbocycles. The van der Waals surface area contributed by atoms with E-state index in [-0.39, 0.29) is 11.2 Å². The first-order valence-corrected chi connectivity index (χ1v) is 5.70. The number of nitrogens with zero attached hydrogens (tertiary/aromatic N) is 1. The summed E-state index contributed by atoms with van der Waals surface area (Å²) in [7, 11) is 0. The Kier molecular flexibility index (Phi) is 3.24. The minimum Gasteiger partial charge on any atom is -0.314 e. The van der Waals surface area contributed by atoms with Crippen LogP contribution in [-0.4, -0.2) is 22.1 Å². The average Bonchev–Trinajstić information content (AvgIpc) is 3.04. The maximum Gasteiger partial charge on any atom is 0.328 e. The molecule has 1 aromatic heterocycles. The molecule has 1 saturated carbocycles. The number of aromatic amines is 1. The molecule has 5 heteroatoms. The summed E-state index contributed by atoms with van der Waals surface area (Å²) in [5.41, 5.74) is -0.0332. The molecule has 0 amide bonds. The Morgan fingerprint density at radius 2 is 2.25 bits per heavy atom. The maximum atomic E-state index is 11.4. The van der Waals surface area contributed by atoms with E-state index >= 15 is 0 Å². The standard InChI is InChI=1S/C11H17N3O2/c1-8-7-14(11(16)13-10(8)15)6-2-5-12-9-3-4-9/h7,9,12H,2-6H2,1H3,(H,13,15,16). The van der Waals surface area contributed by atoms with Gasteiger partial charge in [0.25, 0.3) is 5.56 Å². The van der Waals surface area contributed by atoms with Crippen molar-refractivity contribution in [2.75, 3.05) is 6.54 Å². The predicted molar refractivity (Wildman–Crippen MR) is 61.7 cm³/mol. The fraction of sp³-hybridized carbons (Fsp3) is 0.636. The molecule has 0 spiro atoms. The second kappa shape index (κ2) is 4.65. The van der Waals surface area contributed by atoms with Gasteiger partial charge < -0.3 is 9.88 Å². The molecule has 1 fully saturated rings. The van der Waals surface area contributed by atoms with Crippen LogP contribution in [-0.2, 0) is 6.54 Å². The van der Waals surface area contributed by atoms with E-state index in [1.807, 2.05) is 0 Å². The van der Waals surface area contributed by atoms with Crippen molar-refractivity contribution in [2.24, 2.45) is 0 Å². The predicted octanol–water partition coefficient (Wildman–Crippen LogP) is -0.0129. The van der Waals surface area contributed by atoms with Crippen molar-refractivity contribution in [3.63, 3.8) is 0 Å². The highest BCUT2D eigenvalue weighted by molar-refractivity contribution is 5.00. The lowest BCUT2D eigenvalue weighted by atomic mass is 10.3. The van der Waals surface area contributed by atoms with Crippen LogP contribution in [0.4, 0.5) is 0 Å². The molecule has 0 saturated heterocycles. The Labute approximate surface area is 93.5 Å². The zero-order valence-corrected chi connectivity index (χ0v) is 9.45. The van der Waals surface area contributed by atoms with Gasteiger partial charge in [-0.3, -0.25) is 9.78 Å². The summed E-state index contributed by atoms with van der Waals surface area (Å²) in [5.74, 6) is 0. The third kappa shape index (κ3) is 2.82. The molecule has 0 atom stereocenters. The van der Waals surface area contributed by atoms with Gasteiger partial charge in [0, 0.05) is 24.3 Å². The summed E-state index contributed by atoms with van der Waals surface area (Å²) >= 11 is 0. The van der Waals surface area contributed by atoms with Gasteiger partial charge in [0.15, 0.2) is 0 Å². The second-order valence-corrected chi connectivity index (χ2v) is 4.35. The minimum atomic E-state index is -0.318. The molecule has 1 heterocycles. The van der Waals surface area contributed by atoms with Gasteiger partial charge in [0.05, 0.1) is 0 Å². The lowest BCUT2D eigenvalue weighted by Gasteiger charge is -2.06. The molecular formula is C11H17N3O2. The smallest absolute Gasteiger partial charge is 0.314 e. The van der Waals surface area contributed by atoms with Crippen molar-refractivity contribution >= 4 is 0 Å². The molecule has 2 N–H and O–H groups in total. The third-order valence-corrected chi connectivity index (χ3v) is 2.78. The molecule has 5 nitrogen and oxygen atoms in total. The number of aryl methyl sites for hydroxylation is 2. The molecule has 16 heavy (non-hydrogen) atoms. The van der Waals surface area contributed by atoms with E-state index in [0.717, 1.165) is 13.0 Å². The van der Waals surface area contributed by atoms with Gasteiger partial charge in [-0.2, -0.15) is 0 Å². The lowest BCUT2D eigenvalue weighted by molar-refractivity contribution is 0.558. The van der Waals surface area contributed by atoms with E-state index < -0.39 is 0 Å². The quantitative estimate of drug-likeness (QED) is 0.690. The monoisotopic (exact) mass is 223 g/mol. The van der Waals surface area contributed by atoms with Gasteiger partial charge >= 0.3 is 5.69 Å². The zero-order chi connectivity index (χ0) is 11.5. The van der Waals surface area contributed by atoms with Crippen LogP contribution in [0, 0.1) is 6.92 Å². The van der Waals surface area contributed by atoms with Crippen LogP contribution in [0.5, 0.6) is 0 Å². The van der Waals surface area contributed by atoms with Crippen molar-refractivity contribution in [2.45, 2.75) is 38.8 Å². The SMILES string of the molecule is Cc1cn(CCCNC2CC2)c(=O)[nH]c1=O. The molecule has 2 rings (SSSR count). The van der Waals surface area contributed by atoms with Crippen molar-refractivity contribution in [3.8, 4) is 0 Å². The highest BCUT2D eigenvalue weighted by Gasteiger charge is 2.19. The zero-order valence-electron chi connectivity index (χ0n) is 9.45. The van der Waals surface area contributed by atoms with E-state index in [9.17, 15) is 9.59 Å². The molecule has 88 valence electrons. The maximum absolute atomic E-state index is 11.4. The van der Waals surface area contributed by atoms with Gasteiger partial charge in [0.1, 0.15) is 0 Å². The minimum absolute atomic E-state index is 0.294. The fourth-order valence-corrected chi connectivity index (χ4v) is 1.63. The van der Waals surface area contributed by atoms with E-state index in [1.165, 1.54) is 12.8 Å². The fourth-order valence-electron chi connectivity index (χ4n) is 1.63. The van der Waals surface area contributed by atoms with E-state index in [2.05, 4.69) is 10.3 Å². The highest BCUT2D eigenvalue weighted by Crippen LogP contribution is 2.18. The number of aromatic nitrogens is 2. The van der Waals surface area contributed by atoms with Crippen molar-refractivity contribution in [1.82, 2.24) is 14.9 Å². The summed E-state index contributed by atoms with van der Waals surface area (Å²) in [6.07, 6.45) is 5.08. The van der Waals surface area contributed by atoms with E-state index in [1.54, 1.807) is 17.7 Å². The molecule has 0 bridgehead atoms. The number of rotatable bonds is 5. The normalized spacial score (nSPS) is 15.3. The second-order valence-electron chi connectivity index (χ2n) is 4.35. The summed E-state index contributed by atoms with van der Waals surface area (Å²) < 4.78 is 1.56. The van der Waals surface area contributed by atoms with Crippen LogP contribution >= 0.6 is 0 Å². The van der Waals surface area contributed by atoms with Crippen LogP contribution in [0.1, 0.15) is 24.8 Å². The van der Waals surface area contributed by atoms with Gasteiger partial charge in [-0.1, -0.05) is 0 Å². The molecule has 0 radical (unpaired) electrons. The van der Waals surface area contributed by atoms with Gasteiger partial charge in [0.2, 0.25) is 0 Å². The van der Waals surface area contributed by atoms with Crippen molar-refractivity contribution in [1.29, 1.82) is 0 Å². The summed E-state index contributed by atoms with van der Waals surface area (Å²) in [6, 6.07) is 0.703. The Morgan fingerprint density at radius 3 is 2.94 bits per heavy atom. The van der Waals surface area contributed by atoms with Crippen molar-refractivity contribution < 1.29 is 0 Å². The molecule has 0 unspecified atom stereocenters. The first-order valence-electron chi connectivity index (χ1n) is 5.70. The molecule has 1 aliphatic carbocycles. The van der Waals surface area contributed by atoms with Crippen LogP contribution < -0.4 is 16.6 Å². The van der Waals surface area contributed by atoms with Crippen molar-refractivity contribution in [3.05, 3.63) is 32.6 Å². The third-order valence-electron chi connectivity index (χ3n) is 2.78. The average molecular weight is 223 g/mol. The molecule has 1 aliphatic rings. The van der Waals surface area contributed by atoms with Gasteiger partial charge in [-0.05, 0) is 32.7 Å². The first kappa shape index (κ1) is 11.1. The molecule has 0 aliphatic heterocycles. The van der Waals surface area contributed by atoms with Crippen LogP contribution in [0.3, 0.4) is 0 Å². The van der Waals surface area contributed by atoms with Crippen LogP contribution in [0.15, 0.2) is 15.8 Å². The topological polar surface area (TPSA) is 66.9 Å². The number of H-pyrrole nitrogens is 1. The summed E-state index contributed by atoms with van der Waals surface area (Å²) in [6.45, 7) is 3.28. The lowest BCUT2D eigenvalue weighted by Crippen LogP contribution is -2.31. The highest BCUT2D eigenvalue weighted by atomic mass is 16.2. The number of hydrogen-bond donors (Lipinski definition) is 2. The van der Waals surface area contributed by atoms with Gasteiger partial charge in [-0.25, -0.2) is 4.79 Å². The van der Waals surface area contributed by atoms with Crippen LogP contribution in [0.2, 0.25) is 0 Å². The van der Waals surface area contributed by atoms with Crippen LogP contribution in [0.25, 0.3) is 0 Å². The number of hydrogen-bond acceptors (Lipinski definition) is 3. The Bertz CT molecular complexity index is 471. The summed E-state index contributed by atoms with van der Waals surface area (Å²) in [5, 5.41) is 3.38. The van der Waals surface area contributed by atoms with E-state index in [0.29, 0.717) is 18.2 Å². The Balaban J connectivity index is 1.90. The van der Waals surface area contributed by atoms with E-state index in [4.69, 9.17) is 0 Å². The number of nitrogens with one attached hydrogen (secondary N) is 2. The Hall–Kier alpha value is -1.36. The molecule has 1 aromatic rings. The van der Waals surface area contributed by atoms with Gasteiger partial charge in [-0.15, -0.1) is 0 Å². The first-order chi connectivity index (χ1) is 7.66. The largest absolute Gasteiger partial charge is 0.328 e.